The van der Waals surface area contributed by atoms with Gasteiger partial charge in [-0.2, -0.15) is 13.1 Å². The number of ether oxygens (including phenoxy) is 1. The average molecular weight is 479 g/mol. The number of benzene rings is 2. The Hall–Kier alpha value is -3.63. The van der Waals surface area contributed by atoms with Crippen LogP contribution in [0.2, 0.25) is 0 Å². The first-order valence-electron chi connectivity index (χ1n) is 11.1. The van der Waals surface area contributed by atoms with Crippen molar-refractivity contribution in [2.75, 3.05) is 10.5 Å². The van der Waals surface area contributed by atoms with Crippen LogP contribution in [-0.4, -0.2) is 29.0 Å². The second-order valence-electron chi connectivity index (χ2n) is 8.64. The van der Waals surface area contributed by atoms with Gasteiger partial charge < -0.3 is 15.0 Å². The molecule has 1 aliphatic rings. The molecule has 9 nitrogen and oxygen atoms in total. The highest BCUT2D eigenvalue weighted by Gasteiger charge is 2.30. The molecule has 0 saturated heterocycles. The molecule has 2 aromatic heterocycles. The first-order valence-corrected chi connectivity index (χ1v) is 12.6. The molecule has 2 heterocycles. The molecule has 0 amide bonds. The number of rotatable bonds is 8. The number of nitrogen functional groups attached to an aromatic ring is 1. The zero-order valence-electron chi connectivity index (χ0n) is 18.9. The third kappa shape index (κ3) is 4.55. The molecule has 0 unspecified atom stereocenters. The lowest BCUT2D eigenvalue weighted by Gasteiger charge is -2.13. The summed E-state index contributed by atoms with van der Waals surface area (Å²) in [5, 5.41) is 0.944. The minimum absolute atomic E-state index is 0.200. The van der Waals surface area contributed by atoms with E-state index in [9.17, 15) is 8.42 Å². The molecule has 0 atom stereocenters. The van der Waals surface area contributed by atoms with Crippen molar-refractivity contribution in [2.24, 2.45) is 0 Å². The molecule has 2 aromatic carbocycles. The molecule has 5 rings (SSSR count). The number of hydrogen-bond donors (Lipinski definition) is 3. The summed E-state index contributed by atoms with van der Waals surface area (Å²) in [6.45, 7) is 3.54. The molecule has 1 aliphatic carbocycles. The van der Waals surface area contributed by atoms with Gasteiger partial charge in [0.05, 0.1) is 23.1 Å². The SMILES string of the molecule is CC(C)NS(=O)(=O)Nc1ccc(-c2c(N)c3ccc(Oc4cnccn4)cc3n2C2CC2)cc1. The molecule has 0 spiro atoms. The van der Waals surface area contributed by atoms with Gasteiger partial charge in [-0.25, -0.2) is 4.98 Å². The highest BCUT2D eigenvalue weighted by molar-refractivity contribution is 7.90. The summed E-state index contributed by atoms with van der Waals surface area (Å²) in [7, 11) is -3.64. The van der Waals surface area contributed by atoms with Gasteiger partial charge in [0.25, 0.3) is 10.2 Å². The van der Waals surface area contributed by atoms with Gasteiger partial charge >= 0.3 is 0 Å². The number of nitrogens with two attached hydrogens (primary N) is 1. The van der Waals surface area contributed by atoms with Gasteiger partial charge in [0.1, 0.15) is 5.75 Å². The summed E-state index contributed by atoms with van der Waals surface area (Å²) in [6.07, 6.45) is 6.89. The van der Waals surface area contributed by atoms with Gasteiger partial charge in [-0.15, -0.1) is 0 Å². The van der Waals surface area contributed by atoms with Crippen LogP contribution in [0.3, 0.4) is 0 Å². The highest BCUT2D eigenvalue weighted by atomic mass is 32.2. The number of hydrogen-bond acceptors (Lipinski definition) is 6. The third-order valence-electron chi connectivity index (χ3n) is 5.49. The van der Waals surface area contributed by atoms with Gasteiger partial charge in [0.2, 0.25) is 5.88 Å². The maximum Gasteiger partial charge on any atom is 0.299 e. The molecule has 1 saturated carbocycles. The molecular formula is C24H26N6O3S. The van der Waals surface area contributed by atoms with E-state index in [1.54, 1.807) is 44.6 Å². The minimum Gasteiger partial charge on any atom is -0.437 e. The predicted octanol–water partition coefficient (Wildman–Crippen LogP) is 4.46. The lowest BCUT2D eigenvalue weighted by Crippen LogP contribution is -2.35. The quantitative estimate of drug-likeness (QED) is 0.343. The van der Waals surface area contributed by atoms with Crippen molar-refractivity contribution in [2.45, 2.75) is 38.8 Å². The van der Waals surface area contributed by atoms with Crippen LogP contribution in [0.5, 0.6) is 11.6 Å². The number of aromatic nitrogens is 3. The van der Waals surface area contributed by atoms with Crippen LogP contribution in [0.1, 0.15) is 32.7 Å². The average Bonchev–Trinajstić information content (AvgIpc) is 3.58. The van der Waals surface area contributed by atoms with E-state index in [0.717, 1.165) is 35.0 Å². The topological polar surface area (TPSA) is 124 Å². The van der Waals surface area contributed by atoms with E-state index in [4.69, 9.17) is 10.5 Å². The number of nitrogens with one attached hydrogen (secondary N) is 2. The van der Waals surface area contributed by atoms with E-state index >= 15 is 0 Å². The fourth-order valence-corrected chi connectivity index (χ4v) is 5.16. The van der Waals surface area contributed by atoms with Gasteiger partial charge in [0, 0.05) is 47.2 Å². The second kappa shape index (κ2) is 8.62. The third-order valence-corrected chi connectivity index (χ3v) is 6.78. The van der Waals surface area contributed by atoms with Crippen molar-refractivity contribution in [3.63, 3.8) is 0 Å². The number of anilines is 2. The van der Waals surface area contributed by atoms with Crippen molar-refractivity contribution in [1.82, 2.24) is 19.3 Å². The Labute approximate surface area is 198 Å². The van der Waals surface area contributed by atoms with E-state index in [1.807, 2.05) is 30.3 Å². The normalized spacial score (nSPS) is 14.0. The van der Waals surface area contributed by atoms with Gasteiger partial charge in [0.15, 0.2) is 0 Å². The summed E-state index contributed by atoms with van der Waals surface area (Å²) in [4.78, 5) is 8.21. The van der Waals surface area contributed by atoms with E-state index in [-0.39, 0.29) is 6.04 Å². The second-order valence-corrected chi connectivity index (χ2v) is 10.1. The molecule has 0 bridgehead atoms. The molecule has 1 fully saturated rings. The van der Waals surface area contributed by atoms with Crippen LogP contribution >= 0.6 is 0 Å². The molecule has 4 N–H and O–H groups in total. The molecule has 10 heteroatoms. The largest absolute Gasteiger partial charge is 0.437 e. The van der Waals surface area contributed by atoms with Gasteiger partial charge in [-0.05, 0) is 51.0 Å². The van der Waals surface area contributed by atoms with Crippen LogP contribution in [-0.2, 0) is 10.2 Å². The van der Waals surface area contributed by atoms with Crippen LogP contribution in [0.15, 0.2) is 61.1 Å². The van der Waals surface area contributed by atoms with Crippen LogP contribution in [0, 0.1) is 0 Å². The Morgan fingerprint density at radius 2 is 1.88 bits per heavy atom. The van der Waals surface area contributed by atoms with Crippen LogP contribution < -0.4 is 19.9 Å². The molecule has 0 radical (unpaired) electrons. The highest BCUT2D eigenvalue weighted by Crippen LogP contribution is 2.47. The first-order chi connectivity index (χ1) is 16.3. The summed E-state index contributed by atoms with van der Waals surface area (Å²) in [6, 6.07) is 13.2. The predicted molar refractivity (Wildman–Crippen MR) is 133 cm³/mol. The summed E-state index contributed by atoms with van der Waals surface area (Å²) < 4.78 is 37.6. The van der Waals surface area contributed by atoms with E-state index < -0.39 is 10.2 Å². The van der Waals surface area contributed by atoms with Gasteiger partial charge in [-0.1, -0.05) is 12.1 Å². The maximum atomic E-state index is 12.2. The van der Waals surface area contributed by atoms with Gasteiger partial charge in [-0.3, -0.25) is 9.71 Å². The fraction of sp³-hybridized carbons (Fsp3) is 0.250. The summed E-state index contributed by atoms with van der Waals surface area (Å²) >= 11 is 0. The Morgan fingerprint density at radius 3 is 2.53 bits per heavy atom. The Balaban J connectivity index is 1.51. The van der Waals surface area contributed by atoms with Crippen molar-refractivity contribution in [3.8, 4) is 22.9 Å². The minimum atomic E-state index is -3.64. The standard InChI is InChI=1S/C24H26N6O3S/c1-15(2)28-34(31,32)29-17-5-3-16(4-6-17)24-23(25)20-10-9-19(33-22-14-26-11-12-27-22)13-21(20)30(24)18-7-8-18/h3-6,9-15,18,28-29H,7-8,25H2,1-2H3. The summed E-state index contributed by atoms with van der Waals surface area (Å²) in [5.41, 5.74) is 10.6. The molecule has 0 aliphatic heterocycles. The fourth-order valence-electron chi connectivity index (χ4n) is 4.04. The lowest BCUT2D eigenvalue weighted by atomic mass is 10.1. The van der Waals surface area contributed by atoms with Crippen molar-refractivity contribution < 1.29 is 13.2 Å². The Kier molecular flexibility index (Phi) is 5.62. The summed E-state index contributed by atoms with van der Waals surface area (Å²) in [5.74, 6) is 1.07. The number of fused-ring (bicyclic) bond motifs is 1. The molecule has 4 aromatic rings. The van der Waals surface area contributed by atoms with Crippen LogP contribution in [0.4, 0.5) is 11.4 Å². The maximum absolute atomic E-state index is 12.2. The number of nitrogens with zero attached hydrogens (tertiary/aromatic N) is 3. The van der Waals surface area contributed by atoms with E-state index in [0.29, 0.717) is 29.0 Å². The van der Waals surface area contributed by atoms with Crippen molar-refractivity contribution >= 4 is 32.5 Å². The molecular weight excluding hydrogens is 452 g/mol. The van der Waals surface area contributed by atoms with E-state index in [2.05, 4.69) is 24.0 Å². The van der Waals surface area contributed by atoms with Crippen LogP contribution in [0.25, 0.3) is 22.2 Å². The Bertz CT molecular complexity index is 1430. The monoisotopic (exact) mass is 478 g/mol. The van der Waals surface area contributed by atoms with Crippen molar-refractivity contribution in [3.05, 3.63) is 61.1 Å². The lowest BCUT2D eigenvalue weighted by molar-refractivity contribution is 0.460. The van der Waals surface area contributed by atoms with Crippen molar-refractivity contribution in [1.29, 1.82) is 0 Å². The first kappa shape index (κ1) is 22.2. The Morgan fingerprint density at radius 1 is 1.12 bits per heavy atom. The zero-order valence-corrected chi connectivity index (χ0v) is 19.7. The van der Waals surface area contributed by atoms with E-state index in [1.165, 1.54) is 0 Å². The molecule has 34 heavy (non-hydrogen) atoms. The molecule has 176 valence electrons. The smallest absolute Gasteiger partial charge is 0.299 e. The zero-order chi connectivity index (χ0) is 23.9.